The summed E-state index contributed by atoms with van der Waals surface area (Å²) < 4.78 is 0. The maximum atomic E-state index is 11.1. The van der Waals surface area contributed by atoms with Crippen molar-refractivity contribution >= 4 is 0 Å². The van der Waals surface area contributed by atoms with Crippen LogP contribution in [0.15, 0.2) is 54.7 Å². The lowest BCUT2D eigenvalue weighted by atomic mass is 9.82. The van der Waals surface area contributed by atoms with E-state index in [0.29, 0.717) is 18.5 Å². The van der Waals surface area contributed by atoms with Gasteiger partial charge in [0.05, 0.1) is 5.60 Å². The summed E-state index contributed by atoms with van der Waals surface area (Å²) in [7, 11) is 0. The Labute approximate surface area is 138 Å². The fraction of sp³-hybridized carbons (Fsp3) is 0.450. The zero-order valence-electron chi connectivity index (χ0n) is 13.4. The third-order valence-corrected chi connectivity index (χ3v) is 5.45. The van der Waals surface area contributed by atoms with Crippen LogP contribution in [0.2, 0.25) is 0 Å². The van der Waals surface area contributed by atoms with Crippen molar-refractivity contribution in [2.75, 3.05) is 0 Å². The summed E-state index contributed by atoms with van der Waals surface area (Å²) in [6.45, 7) is 1.01. The van der Waals surface area contributed by atoms with E-state index in [1.165, 1.54) is 18.4 Å². The number of rotatable bonds is 4. The van der Waals surface area contributed by atoms with E-state index in [1.54, 1.807) is 0 Å². The zero-order chi connectivity index (χ0) is 15.7. The van der Waals surface area contributed by atoms with Gasteiger partial charge < -0.3 is 5.11 Å². The van der Waals surface area contributed by atoms with Crippen LogP contribution in [0.1, 0.15) is 36.9 Å². The van der Waals surface area contributed by atoms with Crippen molar-refractivity contribution in [1.29, 1.82) is 0 Å². The van der Waals surface area contributed by atoms with Crippen LogP contribution in [-0.4, -0.2) is 32.7 Å². The Morgan fingerprint density at radius 2 is 1.70 bits per heavy atom. The van der Waals surface area contributed by atoms with Gasteiger partial charge in [-0.15, -0.1) is 0 Å². The number of aromatic nitrogens is 1. The first-order valence-electron chi connectivity index (χ1n) is 8.64. The molecule has 2 aliphatic heterocycles. The van der Waals surface area contributed by atoms with Gasteiger partial charge in [-0.25, -0.2) is 0 Å². The molecular formula is C20H24N2O. The number of hydrogen-bond acceptors (Lipinski definition) is 3. The van der Waals surface area contributed by atoms with Gasteiger partial charge in [0.1, 0.15) is 0 Å². The quantitative estimate of drug-likeness (QED) is 0.942. The van der Waals surface area contributed by atoms with E-state index in [2.05, 4.69) is 40.2 Å². The van der Waals surface area contributed by atoms with E-state index in [0.717, 1.165) is 25.1 Å². The van der Waals surface area contributed by atoms with Crippen molar-refractivity contribution in [1.82, 2.24) is 9.88 Å². The molecule has 2 fully saturated rings. The molecule has 1 N–H and O–H groups in total. The minimum absolute atomic E-state index is 0.502. The van der Waals surface area contributed by atoms with Crippen LogP contribution in [0, 0.1) is 0 Å². The minimum atomic E-state index is -0.590. The van der Waals surface area contributed by atoms with Gasteiger partial charge >= 0.3 is 0 Å². The molecule has 1 aromatic carbocycles. The van der Waals surface area contributed by atoms with E-state index < -0.39 is 5.60 Å². The van der Waals surface area contributed by atoms with Crippen molar-refractivity contribution in [2.45, 2.75) is 56.3 Å². The fourth-order valence-electron chi connectivity index (χ4n) is 4.45. The molecule has 0 radical (unpaired) electrons. The summed E-state index contributed by atoms with van der Waals surface area (Å²) in [5.74, 6) is 0. The number of aliphatic hydroxyl groups is 1. The molecule has 3 heterocycles. The number of pyridine rings is 1. The molecule has 2 unspecified atom stereocenters. The number of benzene rings is 1. The number of hydrogen-bond donors (Lipinski definition) is 1. The Bertz CT molecular complexity index is 629. The Morgan fingerprint density at radius 3 is 2.35 bits per heavy atom. The van der Waals surface area contributed by atoms with Crippen molar-refractivity contribution < 1.29 is 5.11 Å². The zero-order valence-corrected chi connectivity index (χ0v) is 13.4. The van der Waals surface area contributed by atoms with Crippen molar-refractivity contribution in [3.05, 3.63) is 66.0 Å². The predicted molar refractivity (Wildman–Crippen MR) is 90.9 cm³/mol. The molecule has 2 aromatic rings. The van der Waals surface area contributed by atoms with Crippen molar-refractivity contribution in [3.8, 4) is 0 Å². The van der Waals surface area contributed by atoms with Gasteiger partial charge in [-0.1, -0.05) is 36.4 Å². The molecule has 3 heteroatoms. The van der Waals surface area contributed by atoms with E-state index in [4.69, 9.17) is 0 Å². The average molecular weight is 308 g/mol. The highest BCUT2D eigenvalue weighted by molar-refractivity contribution is 5.17. The molecule has 3 nitrogen and oxygen atoms in total. The molecule has 1 aromatic heterocycles. The summed E-state index contributed by atoms with van der Waals surface area (Å²) in [6, 6.07) is 17.7. The highest BCUT2D eigenvalue weighted by atomic mass is 16.3. The molecule has 2 bridgehead atoms. The van der Waals surface area contributed by atoms with Crippen molar-refractivity contribution in [3.63, 3.8) is 0 Å². The average Bonchev–Trinajstić information content (AvgIpc) is 2.81. The van der Waals surface area contributed by atoms with Gasteiger partial charge in [0, 0.05) is 36.9 Å². The van der Waals surface area contributed by atoms with E-state index >= 15 is 0 Å². The van der Waals surface area contributed by atoms with Gasteiger partial charge in [0.15, 0.2) is 0 Å². The van der Waals surface area contributed by atoms with Gasteiger partial charge in [-0.05, 0) is 43.4 Å². The van der Waals surface area contributed by atoms with Gasteiger partial charge in [-0.3, -0.25) is 9.88 Å². The first-order valence-corrected chi connectivity index (χ1v) is 8.64. The van der Waals surface area contributed by atoms with E-state index in [9.17, 15) is 5.11 Å². The third-order valence-electron chi connectivity index (χ3n) is 5.45. The maximum Gasteiger partial charge on any atom is 0.0732 e. The van der Waals surface area contributed by atoms with E-state index in [-0.39, 0.29) is 0 Å². The molecule has 120 valence electrons. The van der Waals surface area contributed by atoms with Crippen LogP contribution in [0.25, 0.3) is 0 Å². The summed E-state index contributed by atoms with van der Waals surface area (Å²) >= 11 is 0. The Kier molecular flexibility index (Phi) is 3.92. The fourth-order valence-corrected chi connectivity index (χ4v) is 4.45. The minimum Gasteiger partial charge on any atom is -0.389 e. The lowest BCUT2D eigenvalue weighted by Gasteiger charge is -2.44. The van der Waals surface area contributed by atoms with Crippen LogP contribution in [0.5, 0.6) is 0 Å². The molecule has 0 saturated carbocycles. The first-order chi connectivity index (χ1) is 11.2. The summed E-state index contributed by atoms with van der Waals surface area (Å²) in [6.07, 6.45) is 6.65. The van der Waals surface area contributed by atoms with Gasteiger partial charge in [-0.2, -0.15) is 0 Å². The second-order valence-electron chi connectivity index (χ2n) is 7.17. The van der Waals surface area contributed by atoms with Gasteiger partial charge in [0.25, 0.3) is 0 Å². The largest absolute Gasteiger partial charge is 0.389 e. The molecule has 2 saturated heterocycles. The highest BCUT2D eigenvalue weighted by Gasteiger charge is 2.47. The van der Waals surface area contributed by atoms with Crippen molar-refractivity contribution in [2.24, 2.45) is 0 Å². The van der Waals surface area contributed by atoms with Crippen LogP contribution in [0.3, 0.4) is 0 Å². The second-order valence-corrected chi connectivity index (χ2v) is 7.17. The third kappa shape index (κ3) is 3.17. The van der Waals surface area contributed by atoms with E-state index in [1.807, 2.05) is 24.4 Å². The van der Waals surface area contributed by atoms with Gasteiger partial charge in [0.2, 0.25) is 0 Å². The summed E-state index contributed by atoms with van der Waals surface area (Å²) in [5.41, 5.74) is 1.79. The number of fused-ring (bicyclic) bond motifs is 2. The highest BCUT2D eigenvalue weighted by Crippen LogP contribution is 2.42. The lowest BCUT2D eigenvalue weighted by Crippen LogP contribution is -2.51. The monoisotopic (exact) mass is 308 g/mol. The molecule has 0 amide bonds. The molecule has 0 spiro atoms. The number of nitrogens with zero attached hydrogens (tertiary/aromatic N) is 2. The first kappa shape index (κ1) is 14.9. The molecule has 2 aliphatic rings. The Hall–Kier alpha value is -1.71. The van der Waals surface area contributed by atoms with Crippen LogP contribution >= 0.6 is 0 Å². The van der Waals surface area contributed by atoms with Crippen LogP contribution in [-0.2, 0) is 13.0 Å². The Balaban J connectivity index is 1.47. The predicted octanol–water partition coefficient (Wildman–Crippen LogP) is 3.18. The summed E-state index contributed by atoms with van der Waals surface area (Å²) in [5, 5.41) is 11.1. The van der Waals surface area contributed by atoms with Crippen LogP contribution < -0.4 is 0 Å². The molecule has 23 heavy (non-hydrogen) atoms. The SMILES string of the molecule is OC1(Cc2ccccn2)CC2CCC(C1)N2Cc1ccccc1. The number of piperidine rings is 1. The second kappa shape index (κ2) is 6.06. The molecule has 0 aliphatic carbocycles. The molecule has 2 atom stereocenters. The lowest BCUT2D eigenvalue weighted by molar-refractivity contribution is -0.0545. The molecule has 4 rings (SSSR count). The van der Waals surface area contributed by atoms with Crippen LogP contribution in [0.4, 0.5) is 0 Å². The Morgan fingerprint density at radius 1 is 1.00 bits per heavy atom. The maximum absolute atomic E-state index is 11.1. The summed E-state index contributed by atoms with van der Waals surface area (Å²) in [4.78, 5) is 7.02. The molecular weight excluding hydrogens is 284 g/mol. The normalized spacial score (nSPS) is 30.5. The standard InChI is InChI=1S/C20H24N2O/c23-20(12-17-8-4-5-11-21-17)13-18-9-10-19(14-20)22(18)15-16-6-2-1-3-7-16/h1-8,11,18-19,23H,9-10,12-15H2. The topological polar surface area (TPSA) is 36.4 Å². The smallest absolute Gasteiger partial charge is 0.0732 e.